The first-order valence-electron chi connectivity index (χ1n) is 8.66. The van der Waals surface area contributed by atoms with Crippen LogP contribution in [0.5, 0.6) is 0 Å². The number of fused-ring (bicyclic) bond motifs is 3. The minimum atomic E-state index is -0.187. The number of hydrogen-bond donors (Lipinski definition) is 1. The molecule has 5 nitrogen and oxygen atoms in total. The zero-order valence-electron chi connectivity index (χ0n) is 15.2. The van der Waals surface area contributed by atoms with E-state index in [0.29, 0.717) is 26.9 Å². The number of hydrogen-bond acceptors (Lipinski definition) is 4. The number of nitriles is 1. The zero-order chi connectivity index (χ0) is 20.5. The fourth-order valence-corrected chi connectivity index (χ4v) is 4.57. The van der Waals surface area contributed by atoms with Gasteiger partial charge in [0.15, 0.2) is 5.65 Å². The summed E-state index contributed by atoms with van der Waals surface area (Å²) in [6, 6.07) is 16.7. The predicted octanol–water partition coefficient (Wildman–Crippen LogP) is 5.71. The van der Waals surface area contributed by atoms with Gasteiger partial charge in [0.05, 0.1) is 27.4 Å². The molecule has 1 N–H and O–H groups in total. The molecule has 2 aromatic carbocycles. The van der Waals surface area contributed by atoms with Gasteiger partial charge < -0.3 is 5.32 Å². The molecule has 8 heteroatoms. The van der Waals surface area contributed by atoms with Crippen LogP contribution in [0, 0.1) is 18.3 Å². The molecule has 0 bridgehead atoms. The smallest absolute Gasteiger partial charge is 0.234 e. The van der Waals surface area contributed by atoms with E-state index in [1.54, 1.807) is 18.2 Å². The maximum absolute atomic E-state index is 12.5. The standard InChI is InChI=1S/C21H14Cl2N4OS/c1-12-6-20(29-11-19(28)25-15-8-13(22)7-14(23)9-15)27-18-5-3-2-4-17(18)26-21(27)16(12)10-24/h2-9H,11H2,1H3,(H,25,28). The fourth-order valence-electron chi connectivity index (χ4n) is 3.12. The molecule has 144 valence electrons. The Balaban J connectivity index is 1.66. The summed E-state index contributed by atoms with van der Waals surface area (Å²) < 4.78 is 1.93. The summed E-state index contributed by atoms with van der Waals surface area (Å²) in [4.78, 5) is 17.1. The number of imidazole rings is 1. The van der Waals surface area contributed by atoms with E-state index in [4.69, 9.17) is 23.2 Å². The average molecular weight is 441 g/mol. The van der Waals surface area contributed by atoms with Crippen molar-refractivity contribution < 1.29 is 4.79 Å². The van der Waals surface area contributed by atoms with E-state index < -0.39 is 0 Å². The molecular weight excluding hydrogens is 427 g/mol. The molecule has 0 saturated heterocycles. The number of thioether (sulfide) groups is 1. The van der Waals surface area contributed by atoms with E-state index in [2.05, 4.69) is 16.4 Å². The van der Waals surface area contributed by atoms with Crippen molar-refractivity contribution in [2.24, 2.45) is 0 Å². The number of rotatable bonds is 4. The van der Waals surface area contributed by atoms with E-state index in [1.807, 2.05) is 41.7 Å². The molecular formula is C21H14Cl2N4OS. The second kappa shape index (κ2) is 7.96. The van der Waals surface area contributed by atoms with Crippen LogP contribution in [-0.4, -0.2) is 21.0 Å². The first kappa shape index (κ1) is 19.6. The highest BCUT2D eigenvalue weighted by atomic mass is 35.5. The van der Waals surface area contributed by atoms with Crippen LogP contribution in [0.4, 0.5) is 5.69 Å². The molecule has 0 atom stereocenters. The summed E-state index contributed by atoms with van der Waals surface area (Å²) >= 11 is 13.3. The number of carbonyl (C=O) groups excluding carboxylic acids is 1. The van der Waals surface area contributed by atoms with Crippen molar-refractivity contribution in [3.63, 3.8) is 0 Å². The van der Waals surface area contributed by atoms with Gasteiger partial charge in [-0.1, -0.05) is 47.1 Å². The molecule has 0 radical (unpaired) electrons. The SMILES string of the molecule is Cc1cc(SCC(=O)Nc2cc(Cl)cc(Cl)c2)n2c(nc3ccccc32)c1C#N. The van der Waals surface area contributed by atoms with Crippen molar-refractivity contribution in [1.29, 1.82) is 5.26 Å². The van der Waals surface area contributed by atoms with Crippen molar-refractivity contribution in [2.45, 2.75) is 11.9 Å². The van der Waals surface area contributed by atoms with Crippen LogP contribution >= 0.6 is 35.0 Å². The summed E-state index contributed by atoms with van der Waals surface area (Å²) in [6.45, 7) is 1.87. The van der Waals surface area contributed by atoms with Crippen LogP contribution < -0.4 is 5.32 Å². The van der Waals surface area contributed by atoms with Crippen LogP contribution in [0.1, 0.15) is 11.1 Å². The molecule has 0 aliphatic heterocycles. The summed E-state index contributed by atoms with van der Waals surface area (Å²) in [5.41, 5.74) is 4.18. The molecule has 0 aliphatic carbocycles. The zero-order valence-corrected chi connectivity index (χ0v) is 17.6. The van der Waals surface area contributed by atoms with E-state index >= 15 is 0 Å². The number of aromatic nitrogens is 2. The largest absolute Gasteiger partial charge is 0.325 e. The molecule has 4 aromatic rings. The molecule has 0 spiro atoms. The van der Waals surface area contributed by atoms with Crippen molar-refractivity contribution in [3.05, 3.63) is 69.7 Å². The van der Waals surface area contributed by atoms with Gasteiger partial charge in [0.25, 0.3) is 0 Å². The van der Waals surface area contributed by atoms with E-state index in [9.17, 15) is 10.1 Å². The second-order valence-electron chi connectivity index (χ2n) is 6.41. The third-order valence-electron chi connectivity index (χ3n) is 4.35. The van der Waals surface area contributed by atoms with Crippen molar-refractivity contribution >= 4 is 63.2 Å². The normalized spacial score (nSPS) is 11.0. The number of aryl methyl sites for hydroxylation is 1. The highest BCUT2D eigenvalue weighted by Crippen LogP contribution is 2.29. The highest BCUT2D eigenvalue weighted by molar-refractivity contribution is 7.99. The first-order valence-corrected chi connectivity index (χ1v) is 10.4. The van der Waals surface area contributed by atoms with Crippen LogP contribution in [0.15, 0.2) is 53.6 Å². The molecule has 2 heterocycles. The van der Waals surface area contributed by atoms with E-state index in [0.717, 1.165) is 21.6 Å². The quantitative estimate of drug-likeness (QED) is 0.412. The third-order valence-corrected chi connectivity index (χ3v) is 5.79. The molecule has 1 amide bonds. The highest BCUT2D eigenvalue weighted by Gasteiger charge is 2.16. The maximum Gasteiger partial charge on any atom is 0.234 e. The van der Waals surface area contributed by atoms with Gasteiger partial charge in [0.2, 0.25) is 5.91 Å². The Hall–Kier alpha value is -2.72. The van der Waals surface area contributed by atoms with E-state index in [-0.39, 0.29) is 11.7 Å². The summed E-state index contributed by atoms with van der Waals surface area (Å²) in [6.07, 6.45) is 0. The van der Waals surface area contributed by atoms with Crippen molar-refractivity contribution in [2.75, 3.05) is 11.1 Å². The van der Waals surface area contributed by atoms with Gasteiger partial charge in [-0.2, -0.15) is 5.26 Å². The Labute approximate surface area is 181 Å². The lowest BCUT2D eigenvalue weighted by Crippen LogP contribution is -2.14. The molecule has 0 saturated carbocycles. The van der Waals surface area contributed by atoms with Gasteiger partial charge in [0, 0.05) is 15.7 Å². The Morgan fingerprint density at radius 3 is 2.66 bits per heavy atom. The average Bonchev–Trinajstić information content (AvgIpc) is 3.04. The number of amides is 1. The number of nitrogens with one attached hydrogen (secondary N) is 1. The maximum atomic E-state index is 12.5. The Morgan fingerprint density at radius 1 is 1.21 bits per heavy atom. The Morgan fingerprint density at radius 2 is 1.93 bits per heavy atom. The molecule has 2 aromatic heterocycles. The molecule has 4 rings (SSSR count). The summed E-state index contributed by atoms with van der Waals surface area (Å²) in [7, 11) is 0. The lowest BCUT2D eigenvalue weighted by molar-refractivity contribution is -0.113. The minimum Gasteiger partial charge on any atom is -0.325 e. The van der Waals surface area contributed by atoms with Crippen molar-refractivity contribution in [3.8, 4) is 6.07 Å². The first-order chi connectivity index (χ1) is 14.0. The van der Waals surface area contributed by atoms with Crippen LogP contribution in [0.25, 0.3) is 16.7 Å². The summed E-state index contributed by atoms with van der Waals surface area (Å²) in [5, 5.41) is 14.1. The van der Waals surface area contributed by atoms with Gasteiger partial charge in [-0.3, -0.25) is 9.20 Å². The van der Waals surface area contributed by atoms with Gasteiger partial charge in [-0.15, -0.1) is 0 Å². The number of carbonyl (C=O) groups is 1. The number of anilines is 1. The van der Waals surface area contributed by atoms with Gasteiger partial charge >= 0.3 is 0 Å². The third kappa shape index (κ3) is 3.90. The fraction of sp³-hybridized carbons (Fsp3) is 0.0952. The lowest BCUT2D eigenvalue weighted by atomic mass is 10.2. The van der Waals surface area contributed by atoms with Gasteiger partial charge in [0.1, 0.15) is 6.07 Å². The van der Waals surface area contributed by atoms with Gasteiger partial charge in [-0.25, -0.2) is 4.98 Å². The second-order valence-corrected chi connectivity index (χ2v) is 8.28. The Kier molecular flexibility index (Phi) is 5.37. The van der Waals surface area contributed by atoms with Crippen LogP contribution in [0.3, 0.4) is 0 Å². The molecule has 0 unspecified atom stereocenters. The lowest BCUT2D eigenvalue weighted by Gasteiger charge is -2.10. The number of benzene rings is 2. The molecule has 29 heavy (non-hydrogen) atoms. The van der Waals surface area contributed by atoms with Crippen molar-refractivity contribution in [1.82, 2.24) is 9.38 Å². The number of pyridine rings is 1. The molecule has 0 fully saturated rings. The number of para-hydroxylation sites is 2. The number of halogens is 2. The topological polar surface area (TPSA) is 70.2 Å². The minimum absolute atomic E-state index is 0.178. The van der Waals surface area contributed by atoms with Crippen LogP contribution in [0.2, 0.25) is 10.0 Å². The van der Waals surface area contributed by atoms with E-state index in [1.165, 1.54) is 11.8 Å². The number of nitrogens with zero attached hydrogens (tertiary/aromatic N) is 3. The summed E-state index contributed by atoms with van der Waals surface area (Å²) in [5.74, 6) is -0.00946. The predicted molar refractivity (Wildman–Crippen MR) is 118 cm³/mol. The van der Waals surface area contributed by atoms with Gasteiger partial charge in [-0.05, 0) is 48.9 Å². The monoisotopic (exact) mass is 440 g/mol. The molecule has 0 aliphatic rings. The Bertz CT molecular complexity index is 1290. The van der Waals surface area contributed by atoms with Crippen LogP contribution in [-0.2, 0) is 4.79 Å².